The van der Waals surface area contributed by atoms with Gasteiger partial charge in [-0.1, -0.05) is 18.2 Å². The minimum absolute atomic E-state index is 0.0880. The molecule has 0 amide bonds. The fourth-order valence-corrected chi connectivity index (χ4v) is 4.17. The molecule has 0 spiro atoms. The molecule has 124 valence electrons. The number of piperidine rings is 1. The van der Waals surface area contributed by atoms with Crippen molar-refractivity contribution in [3.8, 4) is 0 Å². The Morgan fingerprint density at radius 2 is 2.09 bits per heavy atom. The van der Waals surface area contributed by atoms with Gasteiger partial charge in [0.2, 0.25) is 10.0 Å². The zero-order valence-corrected chi connectivity index (χ0v) is 13.0. The van der Waals surface area contributed by atoms with Gasteiger partial charge in [-0.15, -0.1) is 0 Å². The molecule has 1 fully saturated rings. The van der Waals surface area contributed by atoms with Crippen LogP contribution in [0.2, 0.25) is 0 Å². The second-order valence-corrected chi connectivity index (χ2v) is 7.41. The summed E-state index contributed by atoms with van der Waals surface area (Å²) in [6.07, 6.45) is -2.83. The lowest BCUT2D eigenvalue weighted by Gasteiger charge is -2.31. The van der Waals surface area contributed by atoms with Gasteiger partial charge >= 0.3 is 6.18 Å². The van der Waals surface area contributed by atoms with Crippen LogP contribution in [0.15, 0.2) is 24.3 Å². The molecule has 1 N–H and O–H groups in total. The molecule has 0 radical (unpaired) electrons. The van der Waals surface area contributed by atoms with E-state index >= 15 is 0 Å². The van der Waals surface area contributed by atoms with Crippen LogP contribution in [0.5, 0.6) is 0 Å². The molecule has 1 aliphatic rings. The Balaban J connectivity index is 2.15. The van der Waals surface area contributed by atoms with Gasteiger partial charge in [0.15, 0.2) is 0 Å². The zero-order valence-electron chi connectivity index (χ0n) is 12.2. The Bertz CT molecular complexity index is 617. The molecule has 1 atom stereocenters. The third-order valence-corrected chi connectivity index (χ3v) is 5.61. The summed E-state index contributed by atoms with van der Waals surface area (Å²) in [4.78, 5) is 0. The van der Waals surface area contributed by atoms with Crippen LogP contribution >= 0.6 is 0 Å². The topological polar surface area (TPSA) is 49.4 Å². The van der Waals surface area contributed by atoms with Gasteiger partial charge in [0.1, 0.15) is 0 Å². The van der Waals surface area contributed by atoms with Gasteiger partial charge in [-0.3, -0.25) is 0 Å². The number of rotatable bonds is 4. The molecule has 0 saturated carbocycles. The third kappa shape index (κ3) is 4.21. The molecule has 1 aliphatic heterocycles. The summed E-state index contributed by atoms with van der Waals surface area (Å²) in [5.74, 6) is -0.409. The lowest BCUT2D eigenvalue weighted by molar-refractivity contribution is -0.137. The van der Waals surface area contributed by atoms with Gasteiger partial charge in [-0.05, 0) is 31.5 Å². The SMILES string of the molecule is CNC1CCCN(S(=O)(=O)Cc2cccc(C(F)(F)F)c2)C1. The molecule has 8 heteroatoms. The van der Waals surface area contributed by atoms with Gasteiger partial charge in [-0.25, -0.2) is 12.7 Å². The summed E-state index contributed by atoms with van der Waals surface area (Å²) in [7, 11) is -1.84. The quantitative estimate of drug-likeness (QED) is 0.917. The van der Waals surface area contributed by atoms with Gasteiger partial charge in [0.05, 0.1) is 11.3 Å². The van der Waals surface area contributed by atoms with Crippen molar-refractivity contribution < 1.29 is 21.6 Å². The first kappa shape index (κ1) is 17.2. The number of likely N-dealkylation sites (N-methyl/N-ethyl adjacent to an activating group) is 1. The molecule has 2 rings (SSSR count). The van der Waals surface area contributed by atoms with Crippen LogP contribution in [0, 0.1) is 0 Å². The molecular formula is C14H19F3N2O2S. The van der Waals surface area contributed by atoms with E-state index in [1.54, 1.807) is 7.05 Å². The van der Waals surface area contributed by atoms with Crippen molar-refractivity contribution in [2.24, 2.45) is 0 Å². The fourth-order valence-electron chi connectivity index (χ4n) is 2.57. The molecule has 1 aromatic carbocycles. The molecule has 22 heavy (non-hydrogen) atoms. The number of sulfonamides is 1. The maximum atomic E-state index is 12.7. The van der Waals surface area contributed by atoms with Gasteiger partial charge in [-0.2, -0.15) is 13.2 Å². The van der Waals surface area contributed by atoms with Crippen molar-refractivity contribution in [1.82, 2.24) is 9.62 Å². The Morgan fingerprint density at radius 3 is 2.73 bits per heavy atom. The van der Waals surface area contributed by atoms with Crippen LogP contribution in [0.1, 0.15) is 24.0 Å². The number of alkyl halides is 3. The van der Waals surface area contributed by atoms with Gasteiger partial charge in [0.25, 0.3) is 0 Å². The highest BCUT2D eigenvalue weighted by Gasteiger charge is 2.32. The van der Waals surface area contributed by atoms with Gasteiger partial charge < -0.3 is 5.32 Å². The van der Waals surface area contributed by atoms with E-state index in [0.717, 1.165) is 25.0 Å². The van der Waals surface area contributed by atoms with Crippen molar-refractivity contribution in [1.29, 1.82) is 0 Å². The minimum atomic E-state index is -4.47. The standard InChI is InChI=1S/C14H19F3N2O2S/c1-18-13-6-3-7-19(9-13)22(20,21)10-11-4-2-5-12(8-11)14(15,16)17/h2,4-5,8,13,18H,3,6-7,9-10H2,1H3. The van der Waals surface area contributed by atoms with E-state index in [2.05, 4.69) is 5.32 Å². The molecule has 0 aromatic heterocycles. The van der Waals surface area contributed by atoms with E-state index in [4.69, 9.17) is 0 Å². The molecular weight excluding hydrogens is 317 g/mol. The number of nitrogens with one attached hydrogen (secondary N) is 1. The molecule has 1 saturated heterocycles. The Morgan fingerprint density at radius 1 is 1.36 bits per heavy atom. The van der Waals surface area contributed by atoms with Gasteiger partial charge in [0, 0.05) is 19.1 Å². The predicted molar refractivity (Wildman–Crippen MR) is 77.7 cm³/mol. The summed E-state index contributed by atoms with van der Waals surface area (Å²) in [5.41, 5.74) is -0.673. The molecule has 1 unspecified atom stereocenters. The minimum Gasteiger partial charge on any atom is -0.316 e. The summed E-state index contributed by atoms with van der Waals surface area (Å²) in [6, 6.07) is 4.57. The van der Waals surface area contributed by atoms with E-state index in [1.165, 1.54) is 16.4 Å². The second-order valence-electron chi connectivity index (χ2n) is 5.44. The highest BCUT2D eigenvalue weighted by atomic mass is 32.2. The number of halogens is 3. The highest BCUT2D eigenvalue weighted by Crippen LogP contribution is 2.30. The van der Waals surface area contributed by atoms with Crippen LogP contribution in [0.4, 0.5) is 13.2 Å². The highest BCUT2D eigenvalue weighted by molar-refractivity contribution is 7.88. The average molecular weight is 336 g/mol. The van der Waals surface area contributed by atoms with Crippen LogP contribution < -0.4 is 5.32 Å². The molecule has 4 nitrogen and oxygen atoms in total. The second kappa shape index (κ2) is 6.55. The monoisotopic (exact) mass is 336 g/mol. The largest absolute Gasteiger partial charge is 0.416 e. The predicted octanol–water partition coefficient (Wildman–Crippen LogP) is 2.22. The molecule has 1 heterocycles. The summed E-state index contributed by atoms with van der Waals surface area (Å²) >= 11 is 0. The summed E-state index contributed by atoms with van der Waals surface area (Å²) in [6.45, 7) is 0.775. The van der Waals surface area contributed by atoms with E-state index in [0.29, 0.717) is 13.1 Å². The van der Waals surface area contributed by atoms with Crippen molar-refractivity contribution in [3.63, 3.8) is 0 Å². The molecule has 1 aromatic rings. The number of hydrogen-bond acceptors (Lipinski definition) is 3. The maximum absolute atomic E-state index is 12.7. The van der Waals surface area contributed by atoms with E-state index in [9.17, 15) is 21.6 Å². The van der Waals surface area contributed by atoms with Crippen molar-refractivity contribution in [2.45, 2.75) is 30.8 Å². The number of hydrogen-bond donors (Lipinski definition) is 1. The summed E-state index contributed by atoms with van der Waals surface area (Å²) < 4.78 is 64.2. The Hall–Kier alpha value is -1.12. The van der Waals surface area contributed by atoms with E-state index in [-0.39, 0.29) is 11.6 Å². The Labute approximate surface area is 128 Å². The lowest BCUT2D eigenvalue weighted by atomic mass is 10.1. The maximum Gasteiger partial charge on any atom is 0.416 e. The van der Waals surface area contributed by atoms with Crippen molar-refractivity contribution in [2.75, 3.05) is 20.1 Å². The first-order valence-corrected chi connectivity index (χ1v) is 8.64. The zero-order chi connectivity index (χ0) is 16.4. The van der Waals surface area contributed by atoms with Crippen LogP contribution in [-0.2, 0) is 22.0 Å². The van der Waals surface area contributed by atoms with Crippen molar-refractivity contribution in [3.05, 3.63) is 35.4 Å². The number of nitrogens with zero attached hydrogens (tertiary/aromatic N) is 1. The smallest absolute Gasteiger partial charge is 0.316 e. The van der Waals surface area contributed by atoms with Crippen LogP contribution in [0.25, 0.3) is 0 Å². The lowest BCUT2D eigenvalue weighted by Crippen LogP contribution is -2.47. The van der Waals surface area contributed by atoms with Crippen LogP contribution in [0.3, 0.4) is 0 Å². The van der Waals surface area contributed by atoms with E-state index < -0.39 is 27.5 Å². The van der Waals surface area contributed by atoms with Crippen molar-refractivity contribution >= 4 is 10.0 Å². The third-order valence-electron chi connectivity index (χ3n) is 3.79. The van der Waals surface area contributed by atoms with E-state index in [1.807, 2.05) is 0 Å². The number of benzene rings is 1. The Kier molecular flexibility index (Phi) is 5.14. The normalized spacial score (nSPS) is 21.0. The fraction of sp³-hybridized carbons (Fsp3) is 0.571. The molecule has 0 bridgehead atoms. The first-order chi connectivity index (χ1) is 10.2. The first-order valence-electron chi connectivity index (χ1n) is 7.03. The van der Waals surface area contributed by atoms with Crippen LogP contribution in [-0.4, -0.2) is 38.9 Å². The molecule has 0 aliphatic carbocycles. The summed E-state index contributed by atoms with van der Waals surface area (Å²) in [5, 5.41) is 3.04. The average Bonchev–Trinajstić information content (AvgIpc) is 2.46.